The molecule has 0 saturated carbocycles. The maximum absolute atomic E-state index is 6.34. The van der Waals surface area contributed by atoms with Crippen molar-refractivity contribution >= 4 is 23.2 Å². The third-order valence-corrected chi connectivity index (χ3v) is 4.11. The van der Waals surface area contributed by atoms with Crippen LogP contribution in [0.15, 0.2) is 18.2 Å². The maximum atomic E-state index is 6.34. The van der Waals surface area contributed by atoms with Gasteiger partial charge in [-0.3, -0.25) is 0 Å². The minimum atomic E-state index is 0.210. The Morgan fingerprint density at radius 2 is 2.05 bits per heavy atom. The molecule has 1 aromatic carbocycles. The number of nitrogens with one attached hydrogen (secondary N) is 1. The van der Waals surface area contributed by atoms with Crippen LogP contribution < -0.4 is 5.32 Å². The number of benzene rings is 1. The summed E-state index contributed by atoms with van der Waals surface area (Å²) in [6.07, 6.45) is 2.08. The first-order chi connectivity index (χ1) is 9.11. The molecular weight excluding hydrogens is 281 g/mol. The van der Waals surface area contributed by atoms with Gasteiger partial charge in [-0.25, -0.2) is 0 Å². The normalized spacial score (nSPS) is 14.4. The standard InChI is InChI=1S/C15H23Cl2NO/c1-4-9-18-15(11(2)8-10-19-3)12-6-5-7-13(16)14(12)17/h5-7,11,15,18H,4,8-10H2,1-3H3. The van der Waals surface area contributed by atoms with Crippen molar-refractivity contribution in [2.75, 3.05) is 20.3 Å². The first kappa shape index (κ1) is 16.8. The fourth-order valence-corrected chi connectivity index (χ4v) is 2.57. The SMILES string of the molecule is CCCNC(c1cccc(Cl)c1Cl)C(C)CCOC. The average Bonchev–Trinajstić information content (AvgIpc) is 2.41. The molecular formula is C15H23Cl2NO. The summed E-state index contributed by atoms with van der Waals surface area (Å²) >= 11 is 12.5. The largest absolute Gasteiger partial charge is 0.385 e. The van der Waals surface area contributed by atoms with Gasteiger partial charge in [0.05, 0.1) is 10.0 Å². The topological polar surface area (TPSA) is 21.3 Å². The van der Waals surface area contributed by atoms with Gasteiger partial charge in [0, 0.05) is 19.8 Å². The minimum absolute atomic E-state index is 0.210. The Morgan fingerprint density at radius 1 is 1.32 bits per heavy atom. The predicted molar refractivity (Wildman–Crippen MR) is 83.2 cm³/mol. The van der Waals surface area contributed by atoms with E-state index in [9.17, 15) is 0 Å². The fourth-order valence-electron chi connectivity index (χ4n) is 2.15. The summed E-state index contributed by atoms with van der Waals surface area (Å²) in [5, 5.41) is 4.83. The summed E-state index contributed by atoms with van der Waals surface area (Å²) in [5.74, 6) is 0.433. The molecule has 0 bridgehead atoms. The van der Waals surface area contributed by atoms with Crippen molar-refractivity contribution in [3.05, 3.63) is 33.8 Å². The first-order valence-electron chi connectivity index (χ1n) is 6.78. The zero-order valence-corrected chi connectivity index (χ0v) is 13.4. The number of hydrogen-bond acceptors (Lipinski definition) is 2. The molecule has 0 radical (unpaired) electrons. The van der Waals surface area contributed by atoms with Crippen LogP contribution in [0.2, 0.25) is 10.0 Å². The summed E-state index contributed by atoms with van der Waals surface area (Å²) in [5.41, 5.74) is 1.08. The van der Waals surface area contributed by atoms with Crippen LogP contribution in [0.3, 0.4) is 0 Å². The number of halogens is 2. The van der Waals surface area contributed by atoms with E-state index in [1.807, 2.05) is 18.2 Å². The van der Waals surface area contributed by atoms with Gasteiger partial charge in [-0.05, 0) is 36.9 Å². The lowest BCUT2D eigenvalue weighted by molar-refractivity contribution is 0.170. The molecule has 0 saturated heterocycles. The highest BCUT2D eigenvalue weighted by atomic mass is 35.5. The van der Waals surface area contributed by atoms with Gasteiger partial charge in [0.2, 0.25) is 0 Å². The highest BCUT2D eigenvalue weighted by Gasteiger charge is 2.21. The van der Waals surface area contributed by atoms with E-state index < -0.39 is 0 Å². The van der Waals surface area contributed by atoms with E-state index in [0.717, 1.165) is 31.6 Å². The molecule has 0 aromatic heterocycles. The van der Waals surface area contributed by atoms with Crippen molar-refractivity contribution in [1.82, 2.24) is 5.32 Å². The van der Waals surface area contributed by atoms with Gasteiger partial charge in [0.1, 0.15) is 0 Å². The van der Waals surface area contributed by atoms with Crippen LogP contribution in [0, 0.1) is 5.92 Å². The van der Waals surface area contributed by atoms with E-state index >= 15 is 0 Å². The Labute approximate surface area is 126 Å². The molecule has 0 aliphatic rings. The molecule has 19 heavy (non-hydrogen) atoms. The highest BCUT2D eigenvalue weighted by Crippen LogP contribution is 2.34. The van der Waals surface area contributed by atoms with Crippen molar-refractivity contribution in [1.29, 1.82) is 0 Å². The average molecular weight is 304 g/mol. The predicted octanol–water partition coefficient (Wildman–Crippen LogP) is 4.71. The molecule has 1 aromatic rings. The van der Waals surface area contributed by atoms with Gasteiger partial charge in [-0.15, -0.1) is 0 Å². The summed E-state index contributed by atoms with van der Waals surface area (Å²) in [4.78, 5) is 0. The van der Waals surface area contributed by atoms with Gasteiger partial charge in [0.25, 0.3) is 0 Å². The van der Waals surface area contributed by atoms with Crippen LogP contribution in [-0.2, 0) is 4.74 Å². The van der Waals surface area contributed by atoms with E-state index in [1.54, 1.807) is 7.11 Å². The molecule has 4 heteroatoms. The van der Waals surface area contributed by atoms with E-state index in [4.69, 9.17) is 27.9 Å². The van der Waals surface area contributed by atoms with E-state index in [2.05, 4.69) is 19.2 Å². The van der Waals surface area contributed by atoms with Crippen molar-refractivity contribution < 1.29 is 4.74 Å². The Morgan fingerprint density at radius 3 is 2.68 bits per heavy atom. The summed E-state index contributed by atoms with van der Waals surface area (Å²) < 4.78 is 5.17. The van der Waals surface area contributed by atoms with Crippen molar-refractivity contribution in [3.63, 3.8) is 0 Å². The summed E-state index contributed by atoms with van der Waals surface area (Å²) in [6.45, 7) is 6.08. The van der Waals surface area contributed by atoms with E-state index in [0.29, 0.717) is 16.0 Å². The second kappa shape index (κ2) is 8.80. The maximum Gasteiger partial charge on any atom is 0.0640 e. The molecule has 0 aliphatic heterocycles. The molecule has 1 rings (SSSR count). The second-order valence-electron chi connectivity index (χ2n) is 4.83. The van der Waals surface area contributed by atoms with Gasteiger partial charge in [0.15, 0.2) is 0 Å². The van der Waals surface area contributed by atoms with E-state index in [-0.39, 0.29) is 6.04 Å². The quantitative estimate of drug-likeness (QED) is 0.751. The molecule has 0 amide bonds. The zero-order valence-electron chi connectivity index (χ0n) is 11.9. The molecule has 108 valence electrons. The van der Waals surface area contributed by atoms with E-state index in [1.165, 1.54) is 0 Å². The lowest BCUT2D eigenvalue weighted by Crippen LogP contribution is -2.28. The lowest BCUT2D eigenvalue weighted by atomic mass is 9.92. The number of hydrogen-bond donors (Lipinski definition) is 1. The molecule has 1 N–H and O–H groups in total. The minimum Gasteiger partial charge on any atom is -0.385 e. The van der Waals surface area contributed by atoms with Crippen LogP contribution in [-0.4, -0.2) is 20.3 Å². The van der Waals surface area contributed by atoms with Crippen LogP contribution in [0.25, 0.3) is 0 Å². The smallest absolute Gasteiger partial charge is 0.0640 e. The Bertz CT molecular complexity index is 384. The fraction of sp³-hybridized carbons (Fsp3) is 0.600. The number of methoxy groups -OCH3 is 1. The highest BCUT2D eigenvalue weighted by molar-refractivity contribution is 6.42. The van der Waals surface area contributed by atoms with Gasteiger partial charge in [-0.2, -0.15) is 0 Å². The van der Waals surface area contributed by atoms with Crippen LogP contribution >= 0.6 is 23.2 Å². The Balaban J connectivity index is 2.91. The third kappa shape index (κ3) is 4.96. The summed E-state index contributed by atoms with van der Waals surface area (Å²) in [6, 6.07) is 6.03. The van der Waals surface area contributed by atoms with Crippen molar-refractivity contribution in [2.45, 2.75) is 32.7 Å². The molecule has 0 spiro atoms. The molecule has 2 unspecified atom stereocenters. The second-order valence-corrected chi connectivity index (χ2v) is 5.62. The lowest BCUT2D eigenvalue weighted by Gasteiger charge is -2.26. The third-order valence-electron chi connectivity index (χ3n) is 3.28. The summed E-state index contributed by atoms with van der Waals surface area (Å²) in [7, 11) is 1.73. The van der Waals surface area contributed by atoms with Crippen molar-refractivity contribution in [3.8, 4) is 0 Å². The van der Waals surface area contributed by atoms with Gasteiger partial charge in [-0.1, -0.05) is 49.2 Å². The van der Waals surface area contributed by atoms with Crippen LogP contribution in [0.4, 0.5) is 0 Å². The Kier molecular flexibility index (Phi) is 7.77. The molecule has 0 heterocycles. The molecule has 0 fully saturated rings. The molecule has 0 aliphatic carbocycles. The number of rotatable bonds is 8. The van der Waals surface area contributed by atoms with Gasteiger partial charge >= 0.3 is 0 Å². The molecule has 2 atom stereocenters. The zero-order chi connectivity index (χ0) is 14.3. The van der Waals surface area contributed by atoms with Gasteiger partial charge < -0.3 is 10.1 Å². The Hall–Kier alpha value is -0.280. The first-order valence-corrected chi connectivity index (χ1v) is 7.53. The van der Waals surface area contributed by atoms with Crippen molar-refractivity contribution in [2.24, 2.45) is 5.92 Å². The molecule has 2 nitrogen and oxygen atoms in total. The van der Waals surface area contributed by atoms with Crippen LogP contribution in [0.5, 0.6) is 0 Å². The van der Waals surface area contributed by atoms with Crippen LogP contribution in [0.1, 0.15) is 38.3 Å². The monoisotopic (exact) mass is 303 g/mol. The number of ether oxygens (including phenoxy) is 1.